The topological polar surface area (TPSA) is 72.3 Å². The van der Waals surface area contributed by atoms with Gasteiger partial charge in [-0.2, -0.15) is 20.5 Å². The number of rotatable bonds is 0. The van der Waals surface area contributed by atoms with Crippen LogP contribution in [-0.2, 0) is 0 Å². The lowest BCUT2D eigenvalue weighted by molar-refractivity contribution is 1.39. The largest absolute Gasteiger partial charge is 0.206 e. The quantitative estimate of drug-likeness (QED) is 0.429. The van der Waals surface area contributed by atoms with E-state index in [0.717, 1.165) is 0 Å². The highest BCUT2D eigenvalue weighted by Crippen LogP contribution is 2.13. The van der Waals surface area contributed by atoms with E-state index in [1.165, 1.54) is 24.5 Å². The van der Waals surface area contributed by atoms with E-state index in [9.17, 15) is 0 Å². The number of nitriles is 2. The summed E-state index contributed by atoms with van der Waals surface area (Å²) < 4.78 is 29.3. The van der Waals surface area contributed by atoms with E-state index < -0.39 is 13.8 Å². The molecule has 4 heteroatoms. The van der Waals surface area contributed by atoms with Crippen LogP contribution in [0.5, 0.6) is 0 Å². The summed E-state index contributed by atoms with van der Waals surface area (Å²) in [6.07, 6.45) is 5.57. The van der Waals surface area contributed by atoms with Crippen molar-refractivity contribution in [1.82, 2.24) is 0 Å². The molecule has 14 heavy (non-hydrogen) atoms. The molecule has 0 radical (unpaired) electrons. The fourth-order valence-corrected chi connectivity index (χ4v) is 0.911. The molecule has 0 N–H and O–H groups in total. The third kappa shape index (κ3) is 1.94. The summed E-state index contributed by atoms with van der Waals surface area (Å²) in [6.45, 7) is -2.79. The smallest absolute Gasteiger partial charge is 0.173 e. The van der Waals surface area contributed by atoms with Gasteiger partial charge in [-0.15, -0.1) is 0 Å². The second kappa shape index (κ2) is 4.15. The second-order valence-corrected chi connectivity index (χ2v) is 2.39. The molecule has 0 saturated carbocycles. The zero-order valence-electron chi connectivity index (χ0n) is 11.1. The Labute approximate surface area is 87.8 Å². The maximum absolute atomic E-state index is 8.52. The van der Waals surface area contributed by atoms with Crippen molar-refractivity contribution in [3.05, 3.63) is 23.3 Å². The standard InChI is InChI=1S/C10H8N4/c1-7-3-10(14-6-12)8(2)4-9(7)13-5-11/h3-4H,1-2H3/i1D2,2D2. The molecule has 68 valence electrons. The first-order valence-corrected chi connectivity index (χ1v) is 3.57. The highest BCUT2D eigenvalue weighted by atomic mass is 14.8. The van der Waals surface area contributed by atoms with Crippen LogP contribution in [0.15, 0.2) is 33.3 Å². The summed E-state index contributed by atoms with van der Waals surface area (Å²) in [6, 6.07) is 0. The molecule has 1 rings (SSSR count). The first kappa shape index (κ1) is 5.51. The van der Waals surface area contributed by atoms with Gasteiger partial charge in [0.15, 0.2) is 0 Å². The van der Waals surface area contributed by atoms with Crippen LogP contribution < -0.4 is 0 Å². The van der Waals surface area contributed by atoms with Gasteiger partial charge < -0.3 is 0 Å². The highest BCUT2D eigenvalue weighted by Gasteiger charge is 2.10. The molecule has 0 aromatic rings. The average molecular weight is 188 g/mol. The first-order valence-electron chi connectivity index (χ1n) is 5.88. The average Bonchev–Trinajstić information content (AvgIpc) is 2.30. The van der Waals surface area contributed by atoms with Gasteiger partial charge in [-0.3, -0.25) is 0 Å². The number of aliphatic imine (C=N–C) groups is 2. The third-order valence-electron chi connectivity index (χ3n) is 1.52. The Morgan fingerprint density at radius 3 is 1.79 bits per heavy atom. The Morgan fingerprint density at radius 2 is 1.50 bits per heavy atom. The lowest BCUT2D eigenvalue weighted by atomic mass is 9.98. The highest BCUT2D eigenvalue weighted by molar-refractivity contribution is 6.23. The number of nitrogens with zero attached hydrogens (tertiary/aromatic N) is 4. The van der Waals surface area contributed by atoms with Crippen molar-refractivity contribution < 1.29 is 5.48 Å². The van der Waals surface area contributed by atoms with E-state index in [1.807, 2.05) is 0 Å². The Morgan fingerprint density at radius 1 is 1.07 bits per heavy atom. The molecule has 0 saturated heterocycles. The maximum Gasteiger partial charge on any atom is 0.206 e. The van der Waals surface area contributed by atoms with E-state index in [0.29, 0.717) is 0 Å². The molecule has 1 aliphatic carbocycles. The van der Waals surface area contributed by atoms with E-state index in [-0.39, 0.29) is 22.6 Å². The Kier molecular flexibility index (Phi) is 1.64. The van der Waals surface area contributed by atoms with Crippen molar-refractivity contribution >= 4 is 11.4 Å². The van der Waals surface area contributed by atoms with Crippen LogP contribution in [-0.4, -0.2) is 11.4 Å². The van der Waals surface area contributed by atoms with Crippen LogP contribution in [0.25, 0.3) is 0 Å². The molecule has 4 nitrogen and oxygen atoms in total. The van der Waals surface area contributed by atoms with E-state index in [4.69, 9.17) is 16.0 Å². The summed E-state index contributed by atoms with van der Waals surface area (Å²) in [5.74, 6) is 0. The van der Waals surface area contributed by atoms with Crippen molar-refractivity contribution in [2.75, 3.05) is 0 Å². The van der Waals surface area contributed by atoms with Gasteiger partial charge in [0.2, 0.25) is 12.4 Å². The lowest BCUT2D eigenvalue weighted by Gasteiger charge is -2.09. The summed E-state index contributed by atoms with van der Waals surface area (Å²) in [4.78, 5) is 6.89. The summed E-state index contributed by atoms with van der Waals surface area (Å²) in [5, 5.41) is 17.0. The molecule has 0 spiro atoms. The Bertz CT molecular complexity index is 493. The van der Waals surface area contributed by atoms with Crippen LogP contribution in [0.4, 0.5) is 0 Å². The number of hydrogen-bond donors (Lipinski definition) is 0. The molecule has 0 atom stereocenters. The molecular formula is C10H8N4. The molecule has 0 heterocycles. The van der Waals surface area contributed by atoms with Gasteiger partial charge in [0.25, 0.3) is 0 Å². The van der Waals surface area contributed by atoms with Crippen molar-refractivity contribution in [1.29, 1.82) is 10.5 Å². The molecule has 0 aliphatic heterocycles. The lowest BCUT2D eigenvalue weighted by Crippen LogP contribution is -2.10. The van der Waals surface area contributed by atoms with Crippen LogP contribution in [0.1, 0.15) is 19.2 Å². The summed E-state index contributed by atoms with van der Waals surface area (Å²) in [5.41, 5.74) is 0.331. The van der Waals surface area contributed by atoms with Crippen molar-refractivity contribution in [3.63, 3.8) is 0 Å². The maximum atomic E-state index is 8.52. The monoisotopic (exact) mass is 188 g/mol. The van der Waals surface area contributed by atoms with E-state index in [1.54, 1.807) is 0 Å². The SMILES string of the molecule is [2H]C([2H])C1=CC(=NC#N)C(C([2H])[2H])=CC1=NC#N. The van der Waals surface area contributed by atoms with Gasteiger partial charge in [-0.25, -0.2) is 0 Å². The molecule has 0 fully saturated rings. The predicted molar refractivity (Wildman–Crippen MR) is 53.6 cm³/mol. The van der Waals surface area contributed by atoms with Crippen LogP contribution >= 0.6 is 0 Å². The predicted octanol–water partition coefficient (Wildman–Crippen LogP) is 1.74. The van der Waals surface area contributed by atoms with Crippen LogP contribution in [0, 0.1) is 22.9 Å². The molecule has 1 aliphatic rings. The minimum absolute atomic E-state index is 0.0592. The zero-order chi connectivity index (χ0) is 13.7. The van der Waals surface area contributed by atoms with Gasteiger partial charge in [0.1, 0.15) is 0 Å². The minimum atomic E-state index is -1.39. The van der Waals surface area contributed by atoms with Crippen molar-refractivity contribution in [2.24, 2.45) is 9.98 Å². The second-order valence-electron chi connectivity index (χ2n) is 2.39. The molecule has 0 amide bonds. The summed E-state index contributed by atoms with van der Waals surface area (Å²) in [7, 11) is 0. The van der Waals surface area contributed by atoms with Gasteiger partial charge in [-0.1, -0.05) is 0 Å². The van der Waals surface area contributed by atoms with Crippen LogP contribution in [0.2, 0.25) is 0 Å². The number of allylic oxidation sites excluding steroid dienone is 4. The van der Waals surface area contributed by atoms with Crippen molar-refractivity contribution in [3.8, 4) is 12.4 Å². The van der Waals surface area contributed by atoms with E-state index >= 15 is 0 Å². The van der Waals surface area contributed by atoms with E-state index in [2.05, 4.69) is 9.98 Å². The fourth-order valence-electron chi connectivity index (χ4n) is 0.911. The van der Waals surface area contributed by atoms with Crippen LogP contribution in [0.3, 0.4) is 0 Å². The molecule has 0 bridgehead atoms. The van der Waals surface area contributed by atoms with Gasteiger partial charge in [-0.05, 0) is 37.0 Å². The first-order chi connectivity index (χ1) is 8.51. The minimum Gasteiger partial charge on any atom is -0.173 e. The summed E-state index contributed by atoms with van der Waals surface area (Å²) >= 11 is 0. The molecular weight excluding hydrogens is 176 g/mol. The number of hydrogen-bond acceptors (Lipinski definition) is 4. The van der Waals surface area contributed by atoms with Gasteiger partial charge in [0.05, 0.1) is 11.4 Å². The van der Waals surface area contributed by atoms with Crippen molar-refractivity contribution in [2.45, 2.75) is 13.8 Å². The Hall–Kier alpha value is -2.20. The molecule has 0 unspecified atom stereocenters. The molecule has 0 aromatic heterocycles. The Balaban J connectivity index is 3.39. The fraction of sp³-hybridized carbons (Fsp3) is 0.200. The molecule has 0 aromatic carbocycles. The third-order valence-corrected chi connectivity index (χ3v) is 1.52. The van der Waals surface area contributed by atoms with Gasteiger partial charge >= 0.3 is 0 Å². The zero-order valence-corrected chi connectivity index (χ0v) is 7.10. The normalized spacial score (nSPS) is 25.7. The van der Waals surface area contributed by atoms with Gasteiger partial charge in [0, 0.05) is 5.48 Å².